The van der Waals surface area contributed by atoms with Crippen LogP contribution < -0.4 is 19.9 Å². The summed E-state index contributed by atoms with van der Waals surface area (Å²) in [7, 11) is 0. The van der Waals surface area contributed by atoms with Crippen molar-refractivity contribution in [1.82, 2.24) is 5.32 Å². The lowest BCUT2D eigenvalue weighted by Gasteiger charge is -2.24. The van der Waals surface area contributed by atoms with E-state index in [0.29, 0.717) is 25.4 Å². The van der Waals surface area contributed by atoms with E-state index in [1.165, 1.54) is 12.1 Å². The van der Waals surface area contributed by atoms with Crippen molar-refractivity contribution in [2.75, 3.05) is 29.5 Å². The minimum atomic E-state index is -0.353. The zero-order chi connectivity index (χ0) is 20.1. The third-order valence-corrected chi connectivity index (χ3v) is 4.61. The molecule has 1 N–H and O–H groups in total. The van der Waals surface area contributed by atoms with E-state index in [4.69, 9.17) is 4.74 Å². The Bertz CT molecular complexity index is 824. The van der Waals surface area contributed by atoms with Gasteiger partial charge in [0.1, 0.15) is 11.6 Å². The van der Waals surface area contributed by atoms with E-state index in [2.05, 4.69) is 5.32 Å². The molecule has 148 valence electrons. The Morgan fingerprint density at radius 1 is 1.18 bits per heavy atom. The van der Waals surface area contributed by atoms with Crippen LogP contribution in [0.25, 0.3) is 0 Å². The van der Waals surface area contributed by atoms with Gasteiger partial charge >= 0.3 is 6.03 Å². The zero-order valence-corrected chi connectivity index (χ0v) is 16.0. The Balaban J connectivity index is 1.64. The molecular weight excluding hydrogens is 361 g/mol. The fourth-order valence-corrected chi connectivity index (χ4v) is 3.26. The lowest BCUT2D eigenvalue weighted by atomic mass is 10.2. The van der Waals surface area contributed by atoms with Crippen LogP contribution in [0.4, 0.5) is 20.6 Å². The van der Waals surface area contributed by atoms with Crippen molar-refractivity contribution in [3.05, 3.63) is 54.3 Å². The molecule has 3 rings (SSSR count). The summed E-state index contributed by atoms with van der Waals surface area (Å²) in [5.41, 5.74) is 1.38. The van der Waals surface area contributed by atoms with Crippen LogP contribution in [-0.2, 0) is 4.79 Å². The highest BCUT2D eigenvalue weighted by Gasteiger charge is 2.32. The van der Waals surface area contributed by atoms with Gasteiger partial charge in [0, 0.05) is 30.9 Å². The standard InChI is InChI=1S/C21H24FN3O3/c1-3-24(17-9-11-19(12-10-17)28-4-2)21(27)23-16-13-20(26)25(14-16)18-7-5-15(22)6-8-18/h5-12,16H,3-4,13-14H2,1-2H3,(H,23,27)/t16-/m1/s1. The molecule has 1 saturated heterocycles. The maximum absolute atomic E-state index is 13.1. The molecular formula is C21H24FN3O3. The summed E-state index contributed by atoms with van der Waals surface area (Å²) >= 11 is 0. The van der Waals surface area contributed by atoms with E-state index in [1.54, 1.807) is 21.9 Å². The van der Waals surface area contributed by atoms with Gasteiger partial charge in [-0.25, -0.2) is 9.18 Å². The highest BCUT2D eigenvalue weighted by atomic mass is 19.1. The molecule has 1 heterocycles. The maximum atomic E-state index is 13.1. The van der Waals surface area contributed by atoms with Crippen LogP contribution in [0, 0.1) is 5.82 Å². The van der Waals surface area contributed by atoms with E-state index >= 15 is 0 Å². The molecule has 0 aromatic heterocycles. The highest BCUT2D eigenvalue weighted by molar-refractivity contribution is 5.98. The molecule has 1 aliphatic rings. The largest absolute Gasteiger partial charge is 0.494 e. The van der Waals surface area contributed by atoms with Crippen LogP contribution >= 0.6 is 0 Å². The Kier molecular flexibility index (Phi) is 6.13. The summed E-state index contributed by atoms with van der Waals surface area (Å²) < 4.78 is 18.5. The van der Waals surface area contributed by atoms with Crippen LogP contribution in [0.3, 0.4) is 0 Å². The van der Waals surface area contributed by atoms with Crippen molar-refractivity contribution >= 4 is 23.3 Å². The first kappa shape index (κ1) is 19.7. The van der Waals surface area contributed by atoms with Crippen LogP contribution in [0.15, 0.2) is 48.5 Å². The molecule has 0 spiro atoms. The lowest BCUT2D eigenvalue weighted by molar-refractivity contribution is -0.117. The molecule has 0 radical (unpaired) electrons. The van der Waals surface area contributed by atoms with Gasteiger partial charge in [-0.2, -0.15) is 0 Å². The summed E-state index contributed by atoms with van der Waals surface area (Å²) in [4.78, 5) is 28.2. The van der Waals surface area contributed by atoms with Gasteiger partial charge in [0.25, 0.3) is 0 Å². The van der Waals surface area contributed by atoms with Crippen molar-refractivity contribution in [1.29, 1.82) is 0 Å². The van der Waals surface area contributed by atoms with Crippen molar-refractivity contribution in [3.8, 4) is 5.75 Å². The summed E-state index contributed by atoms with van der Waals surface area (Å²) in [6.07, 6.45) is 0.212. The summed E-state index contributed by atoms with van der Waals surface area (Å²) in [5, 5.41) is 2.93. The number of rotatable bonds is 6. The minimum absolute atomic E-state index is 0.0963. The molecule has 0 saturated carbocycles. The van der Waals surface area contributed by atoms with Crippen LogP contribution in [0.1, 0.15) is 20.3 Å². The number of nitrogens with one attached hydrogen (secondary N) is 1. The second-order valence-corrected chi connectivity index (χ2v) is 6.50. The number of halogens is 1. The molecule has 6 nitrogen and oxygen atoms in total. The fourth-order valence-electron chi connectivity index (χ4n) is 3.26. The average Bonchev–Trinajstić information content (AvgIpc) is 3.04. The molecule has 2 aromatic rings. The molecule has 2 aromatic carbocycles. The van der Waals surface area contributed by atoms with E-state index < -0.39 is 0 Å². The first-order chi connectivity index (χ1) is 13.5. The Morgan fingerprint density at radius 3 is 2.46 bits per heavy atom. The number of carbonyl (C=O) groups excluding carboxylic acids is 2. The van der Waals surface area contributed by atoms with Gasteiger partial charge in [0.2, 0.25) is 5.91 Å². The first-order valence-electron chi connectivity index (χ1n) is 9.38. The van der Waals surface area contributed by atoms with Crippen molar-refractivity contribution in [3.63, 3.8) is 0 Å². The van der Waals surface area contributed by atoms with Gasteiger partial charge in [0.05, 0.1) is 12.6 Å². The smallest absolute Gasteiger partial charge is 0.322 e. The molecule has 0 aliphatic carbocycles. The number of anilines is 2. The average molecular weight is 385 g/mol. The second kappa shape index (κ2) is 8.73. The summed E-state index contributed by atoms with van der Waals surface area (Å²) in [5.74, 6) is 0.300. The minimum Gasteiger partial charge on any atom is -0.494 e. The molecule has 28 heavy (non-hydrogen) atoms. The number of ether oxygens (including phenoxy) is 1. The quantitative estimate of drug-likeness (QED) is 0.827. The van der Waals surface area contributed by atoms with Gasteiger partial charge in [-0.15, -0.1) is 0 Å². The number of amides is 3. The summed E-state index contributed by atoms with van der Waals surface area (Å²) in [6.45, 7) is 5.23. The van der Waals surface area contributed by atoms with E-state index in [0.717, 1.165) is 11.4 Å². The predicted octanol–water partition coefficient (Wildman–Crippen LogP) is 3.57. The number of carbonyl (C=O) groups is 2. The van der Waals surface area contributed by atoms with Gasteiger partial charge in [-0.1, -0.05) is 0 Å². The monoisotopic (exact) mass is 385 g/mol. The summed E-state index contributed by atoms with van der Waals surface area (Å²) in [6, 6.07) is 12.5. The van der Waals surface area contributed by atoms with E-state index in [1.807, 2.05) is 38.1 Å². The van der Waals surface area contributed by atoms with Gasteiger partial charge < -0.3 is 15.0 Å². The van der Waals surface area contributed by atoms with Crippen LogP contribution in [-0.4, -0.2) is 37.7 Å². The van der Waals surface area contributed by atoms with Gasteiger partial charge in [0.15, 0.2) is 0 Å². The van der Waals surface area contributed by atoms with Crippen LogP contribution in [0.5, 0.6) is 5.75 Å². The molecule has 0 unspecified atom stereocenters. The molecule has 1 atom stereocenters. The number of hydrogen-bond acceptors (Lipinski definition) is 3. The molecule has 7 heteroatoms. The molecule has 0 bridgehead atoms. The maximum Gasteiger partial charge on any atom is 0.322 e. The number of benzene rings is 2. The SMILES string of the molecule is CCOc1ccc(N(CC)C(=O)N[C@@H]2CC(=O)N(c3ccc(F)cc3)C2)cc1. The third kappa shape index (κ3) is 4.42. The van der Waals surface area contributed by atoms with Crippen LogP contribution in [0.2, 0.25) is 0 Å². The van der Waals surface area contributed by atoms with Crippen molar-refractivity contribution in [2.45, 2.75) is 26.3 Å². The second-order valence-electron chi connectivity index (χ2n) is 6.50. The molecule has 3 amide bonds. The number of nitrogens with zero attached hydrogens (tertiary/aromatic N) is 2. The molecule has 1 aliphatic heterocycles. The highest BCUT2D eigenvalue weighted by Crippen LogP contribution is 2.23. The van der Waals surface area contributed by atoms with Gasteiger partial charge in [-0.3, -0.25) is 9.69 Å². The lowest BCUT2D eigenvalue weighted by Crippen LogP contribution is -2.46. The predicted molar refractivity (Wildman–Crippen MR) is 106 cm³/mol. The van der Waals surface area contributed by atoms with E-state index in [-0.39, 0.29) is 30.2 Å². The Morgan fingerprint density at radius 2 is 1.86 bits per heavy atom. The number of urea groups is 1. The Labute approximate surface area is 163 Å². The van der Waals surface area contributed by atoms with Crippen molar-refractivity contribution < 1.29 is 18.7 Å². The normalized spacial score (nSPS) is 16.2. The topological polar surface area (TPSA) is 61.9 Å². The van der Waals surface area contributed by atoms with Crippen molar-refractivity contribution in [2.24, 2.45) is 0 Å². The number of hydrogen-bond donors (Lipinski definition) is 1. The third-order valence-electron chi connectivity index (χ3n) is 4.61. The Hall–Kier alpha value is -3.09. The first-order valence-corrected chi connectivity index (χ1v) is 9.38. The molecule has 1 fully saturated rings. The zero-order valence-electron chi connectivity index (χ0n) is 16.0. The van der Waals surface area contributed by atoms with E-state index in [9.17, 15) is 14.0 Å². The fraction of sp³-hybridized carbons (Fsp3) is 0.333. The van der Waals surface area contributed by atoms with Gasteiger partial charge in [-0.05, 0) is 62.4 Å².